The van der Waals surface area contributed by atoms with E-state index in [9.17, 15) is 13.5 Å². The predicted octanol–water partition coefficient (Wildman–Crippen LogP) is 1.50. The van der Waals surface area contributed by atoms with Crippen LogP contribution in [0.15, 0.2) is 23.1 Å². The summed E-state index contributed by atoms with van der Waals surface area (Å²) in [4.78, 5) is 0.0597. The zero-order chi connectivity index (χ0) is 14.0. The maximum atomic E-state index is 12.2. The lowest BCUT2D eigenvalue weighted by molar-refractivity contribution is 0.101. The third kappa shape index (κ3) is 3.39. The summed E-state index contributed by atoms with van der Waals surface area (Å²) >= 11 is 5.82. The van der Waals surface area contributed by atoms with Gasteiger partial charge in [0.05, 0.1) is 21.7 Å². The average molecular weight is 305 g/mol. The molecule has 7 heteroatoms. The van der Waals surface area contributed by atoms with E-state index in [0.717, 1.165) is 12.8 Å². The third-order valence-corrected chi connectivity index (χ3v) is 5.13. The number of anilines is 1. The molecule has 0 amide bonds. The van der Waals surface area contributed by atoms with Crippen molar-refractivity contribution in [1.29, 1.82) is 0 Å². The molecule has 1 saturated carbocycles. The van der Waals surface area contributed by atoms with Gasteiger partial charge in [-0.25, -0.2) is 13.1 Å². The van der Waals surface area contributed by atoms with Crippen LogP contribution in [0.25, 0.3) is 0 Å². The highest BCUT2D eigenvalue weighted by Gasteiger charge is 2.28. The van der Waals surface area contributed by atoms with Gasteiger partial charge >= 0.3 is 0 Å². The van der Waals surface area contributed by atoms with Gasteiger partial charge in [0.15, 0.2) is 0 Å². The number of aliphatic hydroxyl groups is 1. The lowest BCUT2D eigenvalue weighted by Gasteiger charge is -2.28. The third-order valence-electron chi connectivity index (χ3n) is 3.32. The molecule has 1 aromatic rings. The minimum Gasteiger partial charge on any atom is -0.398 e. The first-order valence-electron chi connectivity index (χ1n) is 6.15. The number of nitrogen functional groups attached to an aromatic ring is 1. The van der Waals surface area contributed by atoms with Crippen molar-refractivity contribution in [3.63, 3.8) is 0 Å². The lowest BCUT2D eigenvalue weighted by Crippen LogP contribution is -2.44. The number of hydrogen-bond donors (Lipinski definition) is 3. The maximum Gasteiger partial charge on any atom is 0.240 e. The first kappa shape index (κ1) is 14.6. The number of nitrogens with two attached hydrogens (primary N) is 1. The highest BCUT2D eigenvalue weighted by atomic mass is 35.5. The quantitative estimate of drug-likeness (QED) is 0.738. The molecule has 19 heavy (non-hydrogen) atoms. The Morgan fingerprint density at radius 3 is 2.63 bits per heavy atom. The lowest BCUT2D eigenvalue weighted by atomic mass is 9.93. The molecular formula is C12H17ClN2O3S. The van der Waals surface area contributed by atoms with Crippen molar-refractivity contribution in [1.82, 2.24) is 4.72 Å². The molecule has 4 N–H and O–H groups in total. The van der Waals surface area contributed by atoms with E-state index in [-0.39, 0.29) is 9.92 Å². The van der Waals surface area contributed by atoms with E-state index in [2.05, 4.69) is 4.72 Å². The van der Waals surface area contributed by atoms with Gasteiger partial charge < -0.3 is 10.8 Å². The summed E-state index contributed by atoms with van der Waals surface area (Å²) in [7, 11) is -3.68. The Morgan fingerprint density at radius 2 is 2.00 bits per heavy atom. The van der Waals surface area contributed by atoms with Crippen LogP contribution in [0.3, 0.4) is 0 Å². The number of halogens is 1. The van der Waals surface area contributed by atoms with Crippen LogP contribution in [0.4, 0.5) is 5.69 Å². The van der Waals surface area contributed by atoms with Crippen molar-refractivity contribution in [2.24, 2.45) is 0 Å². The Hall–Kier alpha value is -0.820. The zero-order valence-electron chi connectivity index (χ0n) is 10.3. The van der Waals surface area contributed by atoms with Gasteiger partial charge in [-0.3, -0.25) is 0 Å². The average Bonchev–Trinajstić information content (AvgIpc) is 2.35. The molecule has 1 aliphatic carbocycles. The first-order chi connectivity index (χ1) is 8.90. The summed E-state index contributed by atoms with van der Waals surface area (Å²) in [6, 6.07) is 3.73. The normalized spacial score (nSPS) is 24.3. The van der Waals surface area contributed by atoms with Crippen LogP contribution < -0.4 is 10.5 Å². The standard InChI is InChI=1S/C12H17ClN2O3S/c13-9-7-8(5-6-10(9)14)19(17,18)15-11-3-1-2-4-12(11)16/h5-7,11-12,15-16H,1-4,14H2. The maximum absolute atomic E-state index is 12.2. The molecule has 106 valence electrons. The van der Waals surface area contributed by atoms with Gasteiger partial charge in [-0.15, -0.1) is 0 Å². The van der Waals surface area contributed by atoms with Gasteiger partial charge in [0.25, 0.3) is 0 Å². The number of rotatable bonds is 3. The van der Waals surface area contributed by atoms with Crippen molar-refractivity contribution in [3.05, 3.63) is 23.2 Å². The van der Waals surface area contributed by atoms with Crippen LogP contribution >= 0.6 is 11.6 Å². The van der Waals surface area contributed by atoms with Gasteiger partial charge in [-0.1, -0.05) is 24.4 Å². The topological polar surface area (TPSA) is 92.4 Å². The van der Waals surface area contributed by atoms with E-state index < -0.39 is 22.2 Å². The molecule has 0 aliphatic heterocycles. The Kier molecular flexibility index (Phi) is 4.35. The molecule has 0 aromatic heterocycles. The van der Waals surface area contributed by atoms with Crippen molar-refractivity contribution >= 4 is 27.3 Å². The minimum absolute atomic E-state index is 0.0597. The second-order valence-electron chi connectivity index (χ2n) is 4.76. The van der Waals surface area contributed by atoms with Crippen molar-refractivity contribution < 1.29 is 13.5 Å². The summed E-state index contributed by atoms with van der Waals surface area (Å²) in [6.07, 6.45) is 2.46. The molecule has 0 saturated heterocycles. The molecule has 1 fully saturated rings. The molecule has 2 rings (SSSR count). The molecule has 0 spiro atoms. The van der Waals surface area contributed by atoms with Crippen LogP contribution in [0.2, 0.25) is 5.02 Å². The van der Waals surface area contributed by atoms with E-state index in [1.54, 1.807) is 0 Å². The highest BCUT2D eigenvalue weighted by molar-refractivity contribution is 7.89. The van der Waals surface area contributed by atoms with Crippen LogP contribution in [-0.4, -0.2) is 25.7 Å². The summed E-state index contributed by atoms with van der Waals surface area (Å²) in [5.41, 5.74) is 5.88. The molecule has 0 bridgehead atoms. The summed E-state index contributed by atoms with van der Waals surface area (Å²) in [6.45, 7) is 0. The monoisotopic (exact) mass is 304 g/mol. The smallest absolute Gasteiger partial charge is 0.240 e. The second-order valence-corrected chi connectivity index (χ2v) is 6.88. The van der Waals surface area contributed by atoms with Gasteiger partial charge in [-0.05, 0) is 31.0 Å². The molecule has 0 radical (unpaired) electrons. The van der Waals surface area contributed by atoms with Crippen molar-refractivity contribution in [2.75, 3.05) is 5.73 Å². The van der Waals surface area contributed by atoms with E-state index in [1.807, 2.05) is 0 Å². The SMILES string of the molecule is Nc1ccc(S(=O)(=O)NC2CCCCC2O)cc1Cl. The summed E-state index contributed by atoms with van der Waals surface area (Å²) < 4.78 is 26.9. The van der Waals surface area contributed by atoms with Crippen molar-refractivity contribution in [3.8, 4) is 0 Å². The van der Waals surface area contributed by atoms with Gasteiger partial charge in [0, 0.05) is 6.04 Å². The van der Waals surface area contributed by atoms with E-state index in [0.29, 0.717) is 18.5 Å². The number of aliphatic hydroxyl groups excluding tert-OH is 1. The van der Waals surface area contributed by atoms with Crippen LogP contribution in [0, 0.1) is 0 Å². The first-order valence-corrected chi connectivity index (χ1v) is 8.02. The van der Waals surface area contributed by atoms with E-state index in [1.165, 1.54) is 18.2 Å². The number of hydrogen-bond acceptors (Lipinski definition) is 4. The highest BCUT2D eigenvalue weighted by Crippen LogP contribution is 2.24. The van der Waals surface area contributed by atoms with Crippen LogP contribution in [0.5, 0.6) is 0 Å². The fourth-order valence-corrected chi connectivity index (χ4v) is 3.77. The molecular weight excluding hydrogens is 288 g/mol. The Balaban J connectivity index is 2.19. The summed E-state index contributed by atoms with van der Waals surface area (Å²) in [5, 5.41) is 10.0. The van der Waals surface area contributed by atoms with Gasteiger partial charge in [0.1, 0.15) is 0 Å². The van der Waals surface area contributed by atoms with E-state index >= 15 is 0 Å². The molecule has 1 aromatic carbocycles. The number of nitrogens with one attached hydrogen (secondary N) is 1. The minimum atomic E-state index is -3.68. The molecule has 0 heterocycles. The van der Waals surface area contributed by atoms with E-state index in [4.69, 9.17) is 17.3 Å². The van der Waals surface area contributed by atoms with Crippen LogP contribution in [-0.2, 0) is 10.0 Å². The summed E-state index contributed by atoms with van der Waals surface area (Å²) in [5.74, 6) is 0. The fraction of sp³-hybridized carbons (Fsp3) is 0.500. The van der Waals surface area contributed by atoms with Gasteiger partial charge in [0.2, 0.25) is 10.0 Å². The zero-order valence-corrected chi connectivity index (χ0v) is 11.9. The predicted molar refractivity (Wildman–Crippen MR) is 74.4 cm³/mol. The fourth-order valence-electron chi connectivity index (χ4n) is 2.19. The number of sulfonamides is 1. The van der Waals surface area contributed by atoms with Gasteiger partial charge in [-0.2, -0.15) is 0 Å². The molecule has 1 aliphatic rings. The second kappa shape index (κ2) is 5.66. The van der Waals surface area contributed by atoms with Crippen LogP contribution in [0.1, 0.15) is 25.7 Å². The molecule has 5 nitrogen and oxygen atoms in total. The largest absolute Gasteiger partial charge is 0.398 e. The molecule has 2 unspecified atom stereocenters. The Morgan fingerprint density at radius 1 is 1.32 bits per heavy atom. The van der Waals surface area contributed by atoms with Crippen molar-refractivity contribution in [2.45, 2.75) is 42.7 Å². The Labute approximate surface area is 117 Å². The Bertz CT molecular complexity index is 562. The molecule has 2 atom stereocenters. The number of benzene rings is 1.